The van der Waals surface area contributed by atoms with Gasteiger partial charge < -0.3 is 9.47 Å². The van der Waals surface area contributed by atoms with E-state index in [-0.39, 0.29) is 5.91 Å². The van der Waals surface area contributed by atoms with Gasteiger partial charge in [0, 0.05) is 15.1 Å². The average molecular weight is 581 g/mol. The summed E-state index contributed by atoms with van der Waals surface area (Å²) in [6, 6.07) is 18.2. The second kappa shape index (κ2) is 10.5. The van der Waals surface area contributed by atoms with Crippen LogP contribution in [0.2, 0.25) is 10.0 Å². The van der Waals surface area contributed by atoms with E-state index >= 15 is 0 Å². The fourth-order valence-electron chi connectivity index (χ4n) is 3.15. The molecule has 4 nitrogen and oxygen atoms in total. The lowest BCUT2D eigenvalue weighted by atomic mass is 10.1. The smallest absolute Gasteiger partial charge is 0.270 e. The van der Waals surface area contributed by atoms with Crippen molar-refractivity contribution in [3.63, 3.8) is 0 Å². The minimum atomic E-state index is -0.227. The summed E-state index contributed by atoms with van der Waals surface area (Å²) in [5, 5.41) is 1.15. The van der Waals surface area contributed by atoms with Gasteiger partial charge in [-0.15, -0.1) is 0 Å². The summed E-state index contributed by atoms with van der Waals surface area (Å²) in [4.78, 5) is 15.2. The van der Waals surface area contributed by atoms with Crippen molar-refractivity contribution in [2.75, 3.05) is 12.0 Å². The molecule has 33 heavy (non-hydrogen) atoms. The molecule has 0 aliphatic carbocycles. The van der Waals surface area contributed by atoms with E-state index in [2.05, 4.69) is 15.9 Å². The van der Waals surface area contributed by atoms with Gasteiger partial charge in [-0.1, -0.05) is 71.4 Å². The van der Waals surface area contributed by atoms with Crippen LogP contribution in [0.3, 0.4) is 0 Å². The van der Waals surface area contributed by atoms with Crippen molar-refractivity contribution in [1.29, 1.82) is 0 Å². The van der Waals surface area contributed by atoms with Crippen molar-refractivity contribution in [2.45, 2.75) is 6.61 Å². The van der Waals surface area contributed by atoms with E-state index in [0.29, 0.717) is 48.6 Å². The molecule has 0 bridgehead atoms. The highest BCUT2D eigenvalue weighted by Gasteiger charge is 2.34. The molecule has 0 atom stereocenters. The zero-order valence-corrected chi connectivity index (χ0v) is 21.9. The molecule has 1 heterocycles. The van der Waals surface area contributed by atoms with E-state index in [1.165, 1.54) is 16.7 Å². The first kappa shape index (κ1) is 24.1. The van der Waals surface area contributed by atoms with Crippen molar-refractivity contribution < 1.29 is 14.3 Å². The molecule has 3 aromatic rings. The zero-order valence-electron chi connectivity index (χ0n) is 17.2. The maximum absolute atomic E-state index is 13.2. The molecule has 0 saturated carbocycles. The number of thiocarbonyl (C=S) groups is 1. The molecule has 1 saturated heterocycles. The number of carbonyl (C=O) groups is 1. The molecule has 1 aliphatic rings. The third-order valence-electron chi connectivity index (χ3n) is 4.77. The molecular weight excluding hydrogens is 565 g/mol. The lowest BCUT2D eigenvalue weighted by Crippen LogP contribution is -2.27. The Balaban J connectivity index is 1.64. The molecule has 0 N–H and O–H groups in total. The van der Waals surface area contributed by atoms with Gasteiger partial charge in [0.15, 0.2) is 15.8 Å². The number of hydrogen-bond donors (Lipinski definition) is 0. The Morgan fingerprint density at radius 3 is 2.58 bits per heavy atom. The summed E-state index contributed by atoms with van der Waals surface area (Å²) in [6.07, 6.45) is 1.76. The maximum atomic E-state index is 13.2. The van der Waals surface area contributed by atoms with Crippen LogP contribution in [0.5, 0.6) is 11.5 Å². The predicted octanol–water partition coefficient (Wildman–Crippen LogP) is 7.75. The topological polar surface area (TPSA) is 38.8 Å². The molecule has 3 aromatic carbocycles. The summed E-state index contributed by atoms with van der Waals surface area (Å²) in [6.45, 7) is 0.316. The van der Waals surface area contributed by atoms with E-state index in [1.807, 2.05) is 42.5 Å². The highest BCUT2D eigenvalue weighted by molar-refractivity contribution is 9.10. The van der Waals surface area contributed by atoms with Gasteiger partial charge in [-0.2, -0.15) is 0 Å². The van der Waals surface area contributed by atoms with Crippen molar-refractivity contribution in [3.8, 4) is 11.5 Å². The van der Waals surface area contributed by atoms with Gasteiger partial charge in [0.2, 0.25) is 0 Å². The lowest BCUT2D eigenvalue weighted by molar-refractivity contribution is -0.113. The first-order valence-electron chi connectivity index (χ1n) is 9.64. The summed E-state index contributed by atoms with van der Waals surface area (Å²) in [5.41, 5.74) is 2.27. The number of methoxy groups -OCH3 is 1. The number of anilines is 1. The summed E-state index contributed by atoms with van der Waals surface area (Å²) < 4.78 is 12.8. The molecule has 9 heteroatoms. The summed E-state index contributed by atoms with van der Waals surface area (Å²) in [7, 11) is 1.57. The van der Waals surface area contributed by atoms with E-state index in [0.717, 1.165) is 10.0 Å². The number of rotatable bonds is 6. The third-order valence-corrected chi connectivity index (χ3v) is 7.55. The lowest BCUT2D eigenvalue weighted by Gasteiger charge is -2.15. The average Bonchev–Trinajstić information content (AvgIpc) is 3.08. The first-order chi connectivity index (χ1) is 15.9. The summed E-state index contributed by atoms with van der Waals surface area (Å²) in [5.74, 6) is 0.870. The molecule has 1 aliphatic heterocycles. The molecule has 4 rings (SSSR count). The van der Waals surface area contributed by atoms with Gasteiger partial charge in [0.05, 0.1) is 22.7 Å². The van der Waals surface area contributed by atoms with E-state index in [9.17, 15) is 4.79 Å². The molecule has 0 aromatic heterocycles. The van der Waals surface area contributed by atoms with Crippen LogP contribution in [-0.4, -0.2) is 17.3 Å². The van der Waals surface area contributed by atoms with Gasteiger partial charge in [0.1, 0.15) is 6.61 Å². The SMILES string of the molecule is COc1cccc(/C=C2/SC(=S)N(c3ccc(Br)c(Cl)c3)C2=O)c1OCc1ccc(Cl)cc1. The number of para-hydroxylation sites is 1. The third kappa shape index (κ3) is 5.39. The Hall–Kier alpha value is -2.03. The largest absolute Gasteiger partial charge is 0.493 e. The molecule has 1 amide bonds. The van der Waals surface area contributed by atoms with Crippen LogP contribution in [0.1, 0.15) is 11.1 Å². The number of halogens is 3. The van der Waals surface area contributed by atoms with Gasteiger partial charge in [0.25, 0.3) is 5.91 Å². The van der Waals surface area contributed by atoms with E-state index < -0.39 is 0 Å². The highest BCUT2D eigenvalue weighted by atomic mass is 79.9. The number of hydrogen-bond acceptors (Lipinski definition) is 5. The molecule has 0 radical (unpaired) electrons. The first-order valence-corrected chi connectivity index (χ1v) is 12.4. The minimum absolute atomic E-state index is 0.227. The number of amides is 1. The molecule has 0 spiro atoms. The van der Waals surface area contributed by atoms with Crippen molar-refractivity contribution >= 4 is 85.1 Å². The second-order valence-electron chi connectivity index (χ2n) is 6.91. The van der Waals surface area contributed by atoms with Crippen LogP contribution in [0.4, 0.5) is 5.69 Å². The van der Waals surface area contributed by atoms with Crippen LogP contribution < -0.4 is 14.4 Å². The molecule has 0 unspecified atom stereocenters. The minimum Gasteiger partial charge on any atom is -0.493 e. The molecule has 1 fully saturated rings. The van der Waals surface area contributed by atoms with Gasteiger partial charge >= 0.3 is 0 Å². The maximum Gasteiger partial charge on any atom is 0.270 e. The summed E-state index contributed by atoms with van der Waals surface area (Å²) >= 11 is 22.3. The monoisotopic (exact) mass is 579 g/mol. The Labute approximate surface area is 219 Å². The van der Waals surface area contributed by atoms with Crippen LogP contribution in [0.25, 0.3) is 6.08 Å². The number of carbonyl (C=O) groups excluding carboxylic acids is 1. The fraction of sp³-hybridized carbons (Fsp3) is 0.0833. The van der Waals surface area contributed by atoms with Crippen LogP contribution in [0, 0.1) is 0 Å². The highest BCUT2D eigenvalue weighted by Crippen LogP contribution is 2.40. The van der Waals surface area contributed by atoms with Gasteiger partial charge in [-0.05, 0) is 64.0 Å². The van der Waals surface area contributed by atoms with Crippen LogP contribution in [0.15, 0.2) is 70.0 Å². The van der Waals surface area contributed by atoms with Crippen molar-refractivity contribution in [3.05, 3.63) is 91.2 Å². The van der Waals surface area contributed by atoms with E-state index in [4.69, 9.17) is 44.9 Å². The normalized spacial score (nSPS) is 14.8. The van der Waals surface area contributed by atoms with Crippen molar-refractivity contribution in [1.82, 2.24) is 0 Å². The quantitative estimate of drug-likeness (QED) is 0.220. The number of benzene rings is 3. The van der Waals surface area contributed by atoms with Crippen LogP contribution >= 0.6 is 63.1 Å². The Bertz CT molecular complexity index is 1270. The van der Waals surface area contributed by atoms with Gasteiger partial charge in [-0.3, -0.25) is 9.69 Å². The zero-order chi connectivity index (χ0) is 23.5. The molecular formula is C24H16BrCl2NO3S2. The Morgan fingerprint density at radius 2 is 1.88 bits per heavy atom. The Morgan fingerprint density at radius 1 is 1.12 bits per heavy atom. The van der Waals surface area contributed by atoms with Crippen LogP contribution in [-0.2, 0) is 11.4 Å². The standard InChI is InChI=1S/C24H16BrCl2NO3S2/c1-30-20-4-2-3-15(22(20)31-13-14-5-7-16(26)8-6-14)11-21-23(29)28(24(32)33-21)17-9-10-18(25)19(27)12-17/h2-12H,13H2,1H3/b21-11+. The predicted molar refractivity (Wildman–Crippen MR) is 144 cm³/mol. The van der Waals surface area contributed by atoms with E-state index in [1.54, 1.807) is 31.4 Å². The Kier molecular flexibility index (Phi) is 7.66. The second-order valence-corrected chi connectivity index (χ2v) is 10.3. The molecule has 168 valence electrons. The van der Waals surface area contributed by atoms with Crippen molar-refractivity contribution in [2.24, 2.45) is 0 Å². The number of thioether (sulfide) groups is 1. The fourth-order valence-corrected chi connectivity index (χ4v) is 4.99. The number of nitrogens with zero attached hydrogens (tertiary/aromatic N) is 1. The number of ether oxygens (including phenoxy) is 2. The van der Waals surface area contributed by atoms with Gasteiger partial charge in [-0.25, -0.2) is 0 Å².